The molecule has 1 atom stereocenters. The molecule has 0 heterocycles. The van der Waals surface area contributed by atoms with E-state index < -0.39 is 0 Å². The molecule has 0 aliphatic heterocycles. The molecule has 0 saturated heterocycles. The van der Waals surface area contributed by atoms with E-state index in [1.165, 1.54) is 0 Å². The molecular weight excluding hydrogens is 160 g/mol. The van der Waals surface area contributed by atoms with Gasteiger partial charge in [-0.15, -0.1) is 0 Å². The molecule has 0 saturated carbocycles. The van der Waals surface area contributed by atoms with E-state index in [9.17, 15) is 0 Å². The molecule has 68 valence electrons. The summed E-state index contributed by atoms with van der Waals surface area (Å²) in [6.45, 7) is 8.92. The minimum absolute atomic E-state index is 0.0569. The Morgan fingerprint density at radius 2 is 1.92 bits per heavy atom. The molecule has 1 aromatic rings. The largest absolute Gasteiger partial charge is 0.377 e. The highest BCUT2D eigenvalue weighted by atomic mass is 15.1. The standard InChI is InChI=1S/C11H14N2/c1-9(12-2)10-7-5-6-8-11(10)13(3)4/h5-9H,1,3-4H3. The Hall–Kier alpha value is -1.49. The van der Waals surface area contributed by atoms with Crippen molar-refractivity contribution >= 4 is 5.69 Å². The van der Waals surface area contributed by atoms with Gasteiger partial charge in [-0.1, -0.05) is 12.1 Å². The van der Waals surface area contributed by atoms with Crippen LogP contribution in [0, 0.1) is 6.57 Å². The van der Waals surface area contributed by atoms with Gasteiger partial charge in [0.25, 0.3) is 0 Å². The second kappa shape index (κ2) is 3.95. The SMILES string of the molecule is [C-]#[N+]C(C)c1ccccc1N(C)C. The van der Waals surface area contributed by atoms with Crippen LogP contribution in [0.3, 0.4) is 0 Å². The van der Waals surface area contributed by atoms with Gasteiger partial charge in [0.05, 0.1) is 5.56 Å². The van der Waals surface area contributed by atoms with E-state index in [2.05, 4.69) is 4.85 Å². The molecule has 0 fully saturated rings. The van der Waals surface area contributed by atoms with E-state index in [1.54, 1.807) is 0 Å². The molecule has 13 heavy (non-hydrogen) atoms. The van der Waals surface area contributed by atoms with E-state index in [1.807, 2.05) is 50.2 Å². The van der Waals surface area contributed by atoms with Crippen molar-refractivity contribution in [2.24, 2.45) is 0 Å². The lowest BCUT2D eigenvalue weighted by Crippen LogP contribution is -2.11. The Morgan fingerprint density at radius 3 is 2.46 bits per heavy atom. The maximum Gasteiger partial charge on any atom is 0.247 e. The molecule has 0 radical (unpaired) electrons. The minimum Gasteiger partial charge on any atom is -0.377 e. The number of para-hydroxylation sites is 1. The van der Waals surface area contributed by atoms with E-state index in [-0.39, 0.29) is 6.04 Å². The Balaban J connectivity index is 3.13. The lowest BCUT2D eigenvalue weighted by molar-refractivity contribution is 0.943. The van der Waals surface area contributed by atoms with Gasteiger partial charge in [0.1, 0.15) is 0 Å². The molecule has 0 aliphatic carbocycles. The van der Waals surface area contributed by atoms with Crippen LogP contribution in [0.25, 0.3) is 4.85 Å². The van der Waals surface area contributed by atoms with Crippen LogP contribution in [0.15, 0.2) is 24.3 Å². The van der Waals surface area contributed by atoms with E-state index >= 15 is 0 Å². The fraction of sp³-hybridized carbons (Fsp3) is 0.364. The summed E-state index contributed by atoms with van der Waals surface area (Å²) >= 11 is 0. The average Bonchev–Trinajstić information content (AvgIpc) is 2.16. The molecule has 1 rings (SSSR count). The van der Waals surface area contributed by atoms with Crippen molar-refractivity contribution in [2.45, 2.75) is 13.0 Å². The molecule has 0 aromatic heterocycles. The van der Waals surface area contributed by atoms with Crippen molar-refractivity contribution in [1.29, 1.82) is 0 Å². The van der Waals surface area contributed by atoms with Crippen LogP contribution in [-0.2, 0) is 0 Å². The van der Waals surface area contributed by atoms with Crippen LogP contribution in [0.5, 0.6) is 0 Å². The third-order valence-electron chi connectivity index (χ3n) is 2.06. The summed E-state index contributed by atoms with van der Waals surface area (Å²) in [7, 11) is 3.99. The first-order valence-corrected chi connectivity index (χ1v) is 4.29. The normalized spacial score (nSPS) is 11.8. The maximum absolute atomic E-state index is 6.99. The molecule has 1 unspecified atom stereocenters. The number of rotatable bonds is 2. The van der Waals surface area contributed by atoms with Crippen LogP contribution < -0.4 is 4.90 Å². The van der Waals surface area contributed by atoms with Gasteiger partial charge in [0.15, 0.2) is 0 Å². The highest BCUT2D eigenvalue weighted by Gasteiger charge is 2.13. The molecule has 0 aliphatic rings. The Labute approximate surface area is 79.6 Å². The van der Waals surface area contributed by atoms with Gasteiger partial charge in [0, 0.05) is 26.7 Å². The van der Waals surface area contributed by atoms with Gasteiger partial charge in [-0.2, -0.15) is 0 Å². The Morgan fingerprint density at radius 1 is 1.31 bits per heavy atom. The summed E-state index contributed by atoms with van der Waals surface area (Å²) in [5, 5.41) is 0. The van der Waals surface area contributed by atoms with Crippen LogP contribution >= 0.6 is 0 Å². The smallest absolute Gasteiger partial charge is 0.247 e. The summed E-state index contributed by atoms with van der Waals surface area (Å²) in [5.74, 6) is 0. The zero-order chi connectivity index (χ0) is 9.84. The van der Waals surface area contributed by atoms with Crippen molar-refractivity contribution in [3.05, 3.63) is 41.2 Å². The number of benzene rings is 1. The molecule has 0 N–H and O–H groups in total. The van der Waals surface area contributed by atoms with Crippen molar-refractivity contribution in [2.75, 3.05) is 19.0 Å². The fourth-order valence-electron chi connectivity index (χ4n) is 1.32. The second-order valence-corrected chi connectivity index (χ2v) is 3.26. The predicted octanol–water partition coefficient (Wildman–Crippen LogP) is 2.73. The third kappa shape index (κ3) is 2.00. The van der Waals surface area contributed by atoms with Crippen LogP contribution in [0.1, 0.15) is 18.5 Å². The van der Waals surface area contributed by atoms with Gasteiger partial charge in [-0.3, -0.25) is 0 Å². The molecule has 2 heteroatoms. The van der Waals surface area contributed by atoms with Gasteiger partial charge in [-0.05, 0) is 12.1 Å². The first-order valence-electron chi connectivity index (χ1n) is 4.29. The predicted molar refractivity (Wildman–Crippen MR) is 55.8 cm³/mol. The third-order valence-corrected chi connectivity index (χ3v) is 2.06. The quantitative estimate of drug-likeness (QED) is 0.625. The molecular formula is C11H14N2. The lowest BCUT2D eigenvalue weighted by atomic mass is 10.1. The van der Waals surface area contributed by atoms with Crippen molar-refractivity contribution in [1.82, 2.24) is 0 Å². The highest BCUT2D eigenvalue weighted by molar-refractivity contribution is 5.54. The van der Waals surface area contributed by atoms with Gasteiger partial charge in [-0.25, -0.2) is 6.57 Å². The zero-order valence-corrected chi connectivity index (χ0v) is 8.28. The average molecular weight is 174 g/mol. The van der Waals surface area contributed by atoms with Crippen LogP contribution in [-0.4, -0.2) is 14.1 Å². The van der Waals surface area contributed by atoms with Crippen molar-refractivity contribution in [3.8, 4) is 0 Å². The van der Waals surface area contributed by atoms with Crippen molar-refractivity contribution < 1.29 is 0 Å². The topological polar surface area (TPSA) is 7.60 Å². The molecule has 0 spiro atoms. The minimum atomic E-state index is -0.0569. The molecule has 2 nitrogen and oxygen atoms in total. The Kier molecular flexibility index (Phi) is 2.92. The zero-order valence-electron chi connectivity index (χ0n) is 8.28. The van der Waals surface area contributed by atoms with E-state index in [0.29, 0.717) is 0 Å². The first kappa shape index (κ1) is 9.60. The van der Waals surface area contributed by atoms with E-state index in [4.69, 9.17) is 6.57 Å². The molecule has 0 bridgehead atoms. The Bertz CT molecular complexity index is 323. The van der Waals surface area contributed by atoms with Crippen LogP contribution in [0.4, 0.5) is 5.69 Å². The fourth-order valence-corrected chi connectivity index (χ4v) is 1.32. The number of anilines is 1. The number of nitrogens with zero attached hydrogens (tertiary/aromatic N) is 2. The van der Waals surface area contributed by atoms with Gasteiger partial charge in [0.2, 0.25) is 6.04 Å². The first-order chi connectivity index (χ1) is 6.16. The summed E-state index contributed by atoms with van der Waals surface area (Å²) in [5.41, 5.74) is 2.23. The molecule has 1 aromatic carbocycles. The summed E-state index contributed by atoms with van der Waals surface area (Å²) in [6, 6.07) is 7.97. The number of hydrogen-bond acceptors (Lipinski definition) is 1. The monoisotopic (exact) mass is 174 g/mol. The summed E-state index contributed by atoms with van der Waals surface area (Å²) < 4.78 is 0. The van der Waals surface area contributed by atoms with E-state index in [0.717, 1.165) is 11.3 Å². The van der Waals surface area contributed by atoms with Gasteiger partial charge < -0.3 is 9.74 Å². The molecule has 0 amide bonds. The summed E-state index contributed by atoms with van der Waals surface area (Å²) in [6.07, 6.45) is 0. The second-order valence-electron chi connectivity index (χ2n) is 3.26. The van der Waals surface area contributed by atoms with Crippen LogP contribution in [0.2, 0.25) is 0 Å². The van der Waals surface area contributed by atoms with Crippen molar-refractivity contribution in [3.63, 3.8) is 0 Å². The maximum atomic E-state index is 6.99. The highest BCUT2D eigenvalue weighted by Crippen LogP contribution is 2.26. The lowest BCUT2D eigenvalue weighted by Gasteiger charge is -2.16. The van der Waals surface area contributed by atoms with Gasteiger partial charge >= 0.3 is 0 Å². The summed E-state index contributed by atoms with van der Waals surface area (Å²) in [4.78, 5) is 5.56. The number of hydrogen-bond donors (Lipinski definition) is 0.